The Labute approximate surface area is 158 Å². The quantitative estimate of drug-likeness (QED) is 0.809. The van der Waals surface area contributed by atoms with Crippen molar-refractivity contribution in [3.05, 3.63) is 30.2 Å². The van der Waals surface area contributed by atoms with E-state index in [9.17, 15) is 18.0 Å². The van der Waals surface area contributed by atoms with Crippen LogP contribution in [0.25, 0.3) is 11.4 Å². The van der Waals surface area contributed by atoms with Gasteiger partial charge in [0.25, 0.3) is 0 Å². The maximum absolute atomic E-state index is 12.5. The predicted molar refractivity (Wildman–Crippen MR) is 92.1 cm³/mol. The van der Waals surface area contributed by atoms with E-state index in [0.717, 1.165) is 12.8 Å². The number of hydrogen-bond acceptors (Lipinski definition) is 6. The first kappa shape index (κ1) is 21.1. The largest absolute Gasteiger partial charge is 0.471 e. The second-order valence-electron chi connectivity index (χ2n) is 5.96. The molecule has 27 heavy (non-hydrogen) atoms. The highest BCUT2D eigenvalue weighted by Gasteiger charge is 2.38. The van der Waals surface area contributed by atoms with Crippen molar-refractivity contribution in [1.29, 1.82) is 0 Å². The number of nitrogens with two attached hydrogens (primary N) is 1. The number of ether oxygens (including phenoxy) is 1. The van der Waals surface area contributed by atoms with Crippen LogP contribution in [0.3, 0.4) is 0 Å². The number of nitrogens with one attached hydrogen (secondary N) is 1. The van der Waals surface area contributed by atoms with Crippen LogP contribution >= 0.6 is 12.4 Å². The number of alkyl halides is 3. The number of hydrogen-bond donors (Lipinski definition) is 2. The zero-order chi connectivity index (χ0) is 18.7. The number of aromatic nitrogens is 2. The molecular weight excluding hydrogens is 389 g/mol. The lowest BCUT2D eigenvalue weighted by Crippen LogP contribution is -2.43. The van der Waals surface area contributed by atoms with Crippen molar-refractivity contribution < 1.29 is 27.2 Å². The normalized spacial score (nSPS) is 16.4. The topological polar surface area (TPSA) is 103 Å². The molecule has 2 aromatic rings. The Bertz CT molecular complexity index is 761. The first-order valence-corrected chi connectivity index (χ1v) is 8.00. The number of carbonyl (C=O) groups excluding carboxylic acids is 1. The highest BCUT2D eigenvalue weighted by Crippen LogP contribution is 2.29. The monoisotopic (exact) mass is 406 g/mol. The molecule has 1 aromatic carbocycles. The summed E-state index contributed by atoms with van der Waals surface area (Å²) in [6, 6.07) is 5.40. The molecule has 7 nitrogen and oxygen atoms in total. The average molecular weight is 407 g/mol. The van der Waals surface area contributed by atoms with Crippen molar-refractivity contribution >= 4 is 24.0 Å². The van der Waals surface area contributed by atoms with Crippen LogP contribution in [0.5, 0.6) is 0 Å². The molecule has 0 radical (unpaired) electrons. The molecular formula is C16H18ClF3N4O3. The minimum absolute atomic E-state index is 0. The Balaban J connectivity index is 0.00000261. The van der Waals surface area contributed by atoms with Crippen molar-refractivity contribution in [2.45, 2.75) is 25.1 Å². The van der Waals surface area contributed by atoms with Gasteiger partial charge in [0.1, 0.15) is 0 Å². The maximum Gasteiger partial charge on any atom is 0.471 e. The fourth-order valence-electron chi connectivity index (χ4n) is 2.67. The molecule has 1 unspecified atom stereocenters. The molecule has 0 bridgehead atoms. The lowest BCUT2D eigenvalue weighted by molar-refractivity contribution is -0.159. The van der Waals surface area contributed by atoms with Crippen molar-refractivity contribution in [2.75, 3.05) is 18.5 Å². The third kappa shape index (κ3) is 5.18. The molecule has 0 aliphatic carbocycles. The predicted octanol–water partition coefficient (Wildman–Crippen LogP) is 2.87. The molecule has 1 amide bonds. The Hall–Kier alpha value is -2.17. The fourth-order valence-corrected chi connectivity index (χ4v) is 2.67. The molecule has 1 fully saturated rings. The number of benzene rings is 1. The molecule has 3 rings (SSSR count). The van der Waals surface area contributed by atoms with Crippen LogP contribution < -0.4 is 11.1 Å². The van der Waals surface area contributed by atoms with Gasteiger partial charge in [0.05, 0.1) is 6.04 Å². The summed E-state index contributed by atoms with van der Waals surface area (Å²) in [6.45, 7) is 1.18. The number of nitrogens with zero attached hydrogens (tertiary/aromatic N) is 2. The zero-order valence-corrected chi connectivity index (χ0v) is 14.8. The number of halogens is 4. The molecule has 1 saturated heterocycles. The van der Waals surface area contributed by atoms with Crippen LogP contribution in [0.15, 0.2) is 28.8 Å². The van der Waals surface area contributed by atoms with Gasteiger partial charge >= 0.3 is 12.1 Å². The molecule has 1 atom stereocenters. The number of amides is 1. The summed E-state index contributed by atoms with van der Waals surface area (Å²) in [7, 11) is 0. The van der Waals surface area contributed by atoms with Crippen LogP contribution in [0.1, 0.15) is 18.7 Å². The second-order valence-corrected chi connectivity index (χ2v) is 5.96. The summed E-state index contributed by atoms with van der Waals surface area (Å²) in [5.74, 6) is -1.85. The van der Waals surface area contributed by atoms with Gasteiger partial charge in [0, 0.05) is 24.5 Å². The fraction of sp³-hybridized carbons (Fsp3) is 0.438. The molecule has 0 spiro atoms. The summed E-state index contributed by atoms with van der Waals surface area (Å²) >= 11 is 0. The van der Waals surface area contributed by atoms with Crippen LogP contribution in [0.4, 0.5) is 18.9 Å². The van der Waals surface area contributed by atoms with Gasteiger partial charge < -0.3 is 20.3 Å². The van der Waals surface area contributed by atoms with Gasteiger partial charge in [-0.05, 0) is 43.0 Å². The SMILES string of the molecule is Cl.NC(C(=O)Nc1ccc(-c2noc(C(F)(F)F)n2)cc1)C1CCOCC1. The van der Waals surface area contributed by atoms with Gasteiger partial charge in [-0.15, -0.1) is 12.4 Å². The lowest BCUT2D eigenvalue weighted by Gasteiger charge is -2.26. The molecule has 11 heteroatoms. The van der Waals surface area contributed by atoms with Crippen LogP contribution in [0, 0.1) is 5.92 Å². The summed E-state index contributed by atoms with van der Waals surface area (Å²) in [6.07, 6.45) is -3.24. The van der Waals surface area contributed by atoms with Crippen LogP contribution in [0.2, 0.25) is 0 Å². The molecule has 148 valence electrons. The van der Waals surface area contributed by atoms with Crippen molar-refractivity contribution in [2.24, 2.45) is 11.7 Å². The van der Waals surface area contributed by atoms with Gasteiger partial charge in [-0.25, -0.2) is 0 Å². The van der Waals surface area contributed by atoms with Gasteiger partial charge in [0.2, 0.25) is 11.7 Å². The Kier molecular flexibility index (Phi) is 6.79. The molecule has 1 aliphatic rings. The minimum atomic E-state index is -4.69. The number of carbonyl (C=O) groups is 1. The summed E-state index contributed by atoms with van der Waals surface area (Å²) in [4.78, 5) is 15.5. The van der Waals surface area contributed by atoms with Crippen molar-refractivity contribution in [3.63, 3.8) is 0 Å². The Morgan fingerprint density at radius 1 is 1.22 bits per heavy atom. The Morgan fingerprint density at radius 2 is 1.85 bits per heavy atom. The standard InChI is InChI=1S/C16H17F3N4O3.ClH/c17-16(18,19)15-22-13(23-26-15)10-1-3-11(4-2-10)21-14(24)12(20)9-5-7-25-8-6-9;/h1-4,9,12H,5-8,20H2,(H,21,24);1H. The van der Waals surface area contributed by atoms with E-state index in [2.05, 4.69) is 20.0 Å². The second kappa shape index (κ2) is 8.68. The summed E-state index contributed by atoms with van der Waals surface area (Å²) in [5.41, 5.74) is 6.80. The van der Waals surface area contributed by atoms with Crippen molar-refractivity contribution in [3.8, 4) is 11.4 Å². The van der Waals surface area contributed by atoms with E-state index >= 15 is 0 Å². The highest BCUT2D eigenvalue weighted by atomic mass is 35.5. The van der Waals surface area contributed by atoms with E-state index in [4.69, 9.17) is 10.5 Å². The molecule has 1 aromatic heterocycles. The number of rotatable bonds is 4. The van der Waals surface area contributed by atoms with Crippen LogP contribution in [-0.4, -0.2) is 35.3 Å². The first-order chi connectivity index (χ1) is 12.3. The van der Waals surface area contributed by atoms with Gasteiger partial charge in [-0.2, -0.15) is 18.2 Å². The van der Waals surface area contributed by atoms with E-state index in [-0.39, 0.29) is 30.1 Å². The molecule has 2 heterocycles. The van der Waals surface area contributed by atoms with Gasteiger partial charge in [-0.1, -0.05) is 5.16 Å². The zero-order valence-electron chi connectivity index (χ0n) is 14.0. The van der Waals surface area contributed by atoms with E-state index in [1.165, 1.54) is 24.3 Å². The van der Waals surface area contributed by atoms with E-state index in [0.29, 0.717) is 24.5 Å². The molecule has 0 saturated carbocycles. The summed E-state index contributed by atoms with van der Waals surface area (Å²) < 4.78 is 46.9. The minimum Gasteiger partial charge on any atom is -0.381 e. The lowest BCUT2D eigenvalue weighted by atomic mass is 9.92. The van der Waals surface area contributed by atoms with E-state index < -0.39 is 18.1 Å². The third-order valence-corrected chi connectivity index (χ3v) is 4.16. The van der Waals surface area contributed by atoms with Gasteiger partial charge in [0.15, 0.2) is 0 Å². The van der Waals surface area contributed by atoms with E-state index in [1.807, 2.05) is 0 Å². The Morgan fingerprint density at radius 3 is 2.41 bits per heavy atom. The smallest absolute Gasteiger partial charge is 0.381 e. The first-order valence-electron chi connectivity index (χ1n) is 8.00. The molecule has 3 N–H and O–H groups in total. The summed E-state index contributed by atoms with van der Waals surface area (Å²) in [5, 5.41) is 6.01. The maximum atomic E-state index is 12.5. The molecule has 1 aliphatic heterocycles. The number of anilines is 1. The third-order valence-electron chi connectivity index (χ3n) is 4.16. The van der Waals surface area contributed by atoms with Crippen molar-refractivity contribution in [1.82, 2.24) is 10.1 Å². The highest BCUT2D eigenvalue weighted by molar-refractivity contribution is 5.95. The average Bonchev–Trinajstić information content (AvgIpc) is 3.13. The van der Waals surface area contributed by atoms with E-state index in [1.54, 1.807) is 0 Å². The van der Waals surface area contributed by atoms with Crippen LogP contribution in [-0.2, 0) is 15.7 Å². The van der Waals surface area contributed by atoms with Gasteiger partial charge in [-0.3, -0.25) is 4.79 Å².